The second-order valence-electron chi connectivity index (χ2n) is 5.16. The molecule has 0 saturated carbocycles. The molecule has 0 fully saturated rings. The van der Waals surface area contributed by atoms with Crippen molar-refractivity contribution in [2.75, 3.05) is 7.11 Å². The molecule has 0 atom stereocenters. The second kappa shape index (κ2) is 7.75. The van der Waals surface area contributed by atoms with E-state index in [9.17, 15) is 10.1 Å². The van der Waals surface area contributed by atoms with Crippen LogP contribution in [0.25, 0.3) is 11.4 Å². The van der Waals surface area contributed by atoms with E-state index in [1.54, 1.807) is 25.3 Å². The van der Waals surface area contributed by atoms with Crippen LogP contribution in [0.1, 0.15) is 6.92 Å². The molecule has 2 heterocycles. The SMILES string of the molecule is CCn1c(SCn2cc([N+](=O)[O-])cn2)nnc1-c1cc(Cl)ccc1OC. The van der Waals surface area contributed by atoms with Crippen molar-refractivity contribution < 1.29 is 9.66 Å². The maximum absolute atomic E-state index is 10.7. The number of hydrogen-bond acceptors (Lipinski definition) is 7. The molecular weight excluding hydrogens is 380 g/mol. The number of halogens is 1. The van der Waals surface area contributed by atoms with Crippen LogP contribution in [0.4, 0.5) is 5.69 Å². The van der Waals surface area contributed by atoms with Crippen LogP contribution < -0.4 is 4.74 Å². The highest BCUT2D eigenvalue weighted by Gasteiger charge is 2.18. The number of aromatic nitrogens is 5. The molecule has 3 rings (SSSR count). The fourth-order valence-corrected chi connectivity index (χ4v) is 3.41. The van der Waals surface area contributed by atoms with E-state index in [0.717, 1.165) is 5.56 Å². The summed E-state index contributed by atoms with van der Waals surface area (Å²) in [5.74, 6) is 1.66. The van der Waals surface area contributed by atoms with Crippen molar-refractivity contribution in [3.8, 4) is 17.1 Å². The first-order valence-corrected chi connectivity index (χ1v) is 8.96. The maximum atomic E-state index is 10.7. The summed E-state index contributed by atoms with van der Waals surface area (Å²) in [4.78, 5) is 10.3. The van der Waals surface area contributed by atoms with Crippen molar-refractivity contribution in [1.29, 1.82) is 0 Å². The van der Waals surface area contributed by atoms with Crippen LogP contribution in [0.15, 0.2) is 35.7 Å². The molecule has 9 nitrogen and oxygen atoms in total. The molecule has 0 radical (unpaired) electrons. The first kappa shape index (κ1) is 18.2. The van der Waals surface area contributed by atoms with Crippen LogP contribution in [-0.2, 0) is 12.4 Å². The van der Waals surface area contributed by atoms with Crippen LogP contribution in [0.3, 0.4) is 0 Å². The summed E-state index contributed by atoms with van der Waals surface area (Å²) < 4.78 is 8.80. The molecule has 0 aliphatic heterocycles. The van der Waals surface area contributed by atoms with Gasteiger partial charge in [0, 0.05) is 11.6 Å². The monoisotopic (exact) mass is 394 g/mol. The zero-order valence-corrected chi connectivity index (χ0v) is 15.6. The van der Waals surface area contributed by atoms with Gasteiger partial charge in [0.05, 0.1) is 23.5 Å². The number of nitro groups is 1. The first-order valence-electron chi connectivity index (χ1n) is 7.60. The highest BCUT2D eigenvalue weighted by atomic mass is 35.5. The Morgan fingerprint density at radius 2 is 2.19 bits per heavy atom. The predicted octanol–water partition coefficient (Wildman–Crippen LogP) is 3.48. The molecule has 2 aromatic heterocycles. The van der Waals surface area contributed by atoms with E-state index in [2.05, 4.69) is 15.3 Å². The van der Waals surface area contributed by atoms with Gasteiger partial charge in [-0.05, 0) is 25.1 Å². The van der Waals surface area contributed by atoms with Crippen molar-refractivity contribution in [3.63, 3.8) is 0 Å². The van der Waals surface area contributed by atoms with Gasteiger partial charge in [-0.2, -0.15) is 5.10 Å². The number of ether oxygens (including phenoxy) is 1. The van der Waals surface area contributed by atoms with E-state index < -0.39 is 4.92 Å². The topological polar surface area (TPSA) is 101 Å². The quantitative estimate of drug-likeness (QED) is 0.343. The van der Waals surface area contributed by atoms with E-state index >= 15 is 0 Å². The van der Waals surface area contributed by atoms with Gasteiger partial charge in [-0.3, -0.25) is 14.8 Å². The van der Waals surface area contributed by atoms with Crippen molar-refractivity contribution in [2.24, 2.45) is 0 Å². The smallest absolute Gasteiger partial charge is 0.307 e. The third kappa shape index (κ3) is 3.65. The molecule has 0 N–H and O–H groups in total. The lowest BCUT2D eigenvalue weighted by atomic mass is 10.2. The number of nitrogens with zero attached hydrogens (tertiary/aromatic N) is 6. The van der Waals surface area contributed by atoms with Gasteiger partial charge < -0.3 is 9.30 Å². The lowest BCUT2D eigenvalue weighted by Crippen LogP contribution is -2.02. The molecule has 11 heteroatoms. The van der Waals surface area contributed by atoms with E-state index in [1.165, 1.54) is 28.8 Å². The third-order valence-electron chi connectivity index (χ3n) is 3.59. The Labute approximate surface area is 158 Å². The van der Waals surface area contributed by atoms with Crippen molar-refractivity contribution >= 4 is 29.1 Å². The van der Waals surface area contributed by atoms with Gasteiger partial charge in [-0.1, -0.05) is 23.4 Å². The standard InChI is InChI=1S/C15H15ClN6O3S/c1-3-21-14(12-6-10(16)4-5-13(12)25-2)18-19-15(21)26-9-20-8-11(7-17-20)22(23)24/h4-8H,3,9H2,1-2H3. The summed E-state index contributed by atoms with van der Waals surface area (Å²) in [6.07, 6.45) is 2.59. The summed E-state index contributed by atoms with van der Waals surface area (Å²) in [5, 5.41) is 24.4. The van der Waals surface area contributed by atoms with Crippen LogP contribution in [0.5, 0.6) is 5.75 Å². The minimum absolute atomic E-state index is 0.0492. The van der Waals surface area contributed by atoms with Crippen LogP contribution in [-0.4, -0.2) is 36.6 Å². The zero-order chi connectivity index (χ0) is 18.7. The molecule has 0 amide bonds. The number of methoxy groups -OCH3 is 1. The van der Waals surface area contributed by atoms with Gasteiger partial charge >= 0.3 is 5.69 Å². The number of rotatable bonds is 7. The van der Waals surface area contributed by atoms with Crippen LogP contribution in [0, 0.1) is 10.1 Å². The van der Waals surface area contributed by atoms with Gasteiger partial charge in [0.25, 0.3) is 0 Å². The fourth-order valence-electron chi connectivity index (χ4n) is 2.38. The van der Waals surface area contributed by atoms with Gasteiger partial charge in [-0.25, -0.2) is 0 Å². The highest BCUT2D eigenvalue weighted by Crippen LogP contribution is 2.33. The summed E-state index contributed by atoms with van der Waals surface area (Å²) in [5.41, 5.74) is 0.697. The molecule has 0 aliphatic rings. The highest BCUT2D eigenvalue weighted by molar-refractivity contribution is 7.98. The molecule has 3 aromatic rings. The van der Waals surface area contributed by atoms with Crippen LogP contribution >= 0.6 is 23.4 Å². The molecular formula is C15H15ClN6O3S. The summed E-state index contributed by atoms with van der Waals surface area (Å²) in [6.45, 7) is 2.62. The molecule has 26 heavy (non-hydrogen) atoms. The van der Waals surface area contributed by atoms with E-state index in [-0.39, 0.29) is 5.69 Å². The average molecular weight is 395 g/mol. The minimum atomic E-state index is -0.480. The predicted molar refractivity (Wildman–Crippen MR) is 97.4 cm³/mol. The van der Waals surface area contributed by atoms with Crippen LogP contribution in [0.2, 0.25) is 5.02 Å². The first-order chi connectivity index (χ1) is 12.5. The van der Waals surface area contributed by atoms with Gasteiger partial charge in [0.1, 0.15) is 18.1 Å². The third-order valence-corrected chi connectivity index (χ3v) is 4.78. The molecule has 0 bridgehead atoms. The van der Waals surface area contributed by atoms with Gasteiger partial charge in [-0.15, -0.1) is 10.2 Å². The molecule has 0 aliphatic carbocycles. The fraction of sp³-hybridized carbons (Fsp3) is 0.267. The van der Waals surface area contributed by atoms with Gasteiger partial charge in [0.15, 0.2) is 11.0 Å². The molecule has 1 aromatic carbocycles. The van der Waals surface area contributed by atoms with E-state index in [4.69, 9.17) is 16.3 Å². The van der Waals surface area contributed by atoms with Crippen molar-refractivity contribution in [2.45, 2.75) is 24.5 Å². The zero-order valence-electron chi connectivity index (χ0n) is 14.0. The van der Waals surface area contributed by atoms with Crippen molar-refractivity contribution in [1.82, 2.24) is 24.5 Å². The van der Waals surface area contributed by atoms with E-state index in [0.29, 0.717) is 34.2 Å². The molecule has 0 spiro atoms. The minimum Gasteiger partial charge on any atom is -0.496 e. The molecule has 136 valence electrons. The number of hydrogen-bond donors (Lipinski definition) is 0. The number of thioether (sulfide) groups is 1. The summed E-state index contributed by atoms with van der Waals surface area (Å²) in [6, 6.07) is 5.31. The summed E-state index contributed by atoms with van der Waals surface area (Å²) >= 11 is 7.49. The second-order valence-corrected chi connectivity index (χ2v) is 6.51. The van der Waals surface area contributed by atoms with Crippen molar-refractivity contribution in [3.05, 3.63) is 45.7 Å². The Bertz CT molecular complexity index is 941. The Kier molecular flexibility index (Phi) is 5.43. The average Bonchev–Trinajstić information content (AvgIpc) is 3.26. The lowest BCUT2D eigenvalue weighted by Gasteiger charge is -2.11. The Morgan fingerprint density at radius 1 is 1.38 bits per heavy atom. The summed E-state index contributed by atoms with van der Waals surface area (Å²) in [7, 11) is 1.58. The molecule has 0 unspecified atom stereocenters. The largest absolute Gasteiger partial charge is 0.496 e. The lowest BCUT2D eigenvalue weighted by molar-refractivity contribution is -0.385. The number of benzene rings is 1. The Balaban J connectivity index is 1.86. The van der Waals surface area contributed by atoms with E-state index in [1.807, 2.05) is 11.5 Å². The maximum Gasteiger partial charge on any atom is 0.307 e. The molecule has 0 saturated heterocycles. The normalized spacial score (nSPS) is 10.9. The van der Waals surface area contributed by atoms with Gasteiger partial charge in [0.2, 0.25) is 0 Å². The Hall–Kier alpha value is -2.59. The Morgan fingerprint density at radius 3 is 2.85 bits per heavy atom.